The number of aromatic nitrogens is 1. The van der Waals surface area contributed by atoms with Gasteiger partial charge in [-0.05, 0) is 31.9 Å². The van der Waals surface area contributed by atoms with Gasteiger partial charge in [-0.25, -0.2) is 4.98 Å². The lowest BCUT2D eigenvalue weighted by atomic mass is 10.1. The molecular formula is C14H22ClN3O. The van der Waals surface area contributed by atoms with Crippen LogP contribution >= 0.6 is 11.6 Å². The Morgan fingerprint density at radius 3 is 2.47 bits per heavy atom. The highest BCUT2D eigenvalue weighted by atomic mass is 35.5. The lowest BCUT2D eigenvalue weighted by Gasteiger charge is -2.28. The van der Waals surface area contributed by atoms with Gasteiger partial charge in [0.05, 0.1) is 5.02 Å². The van der Waals surface area contributed by atoms with Crippen molar-refractivity contribution in [1.82, 2.24) is 9.88 Å². The lowest BCUT2D eigenvalue weighted by Crippen LogP contribution is -2.40. The highest BCUT2D eigenvalue weighted by Crippen LogP contribution is 2.20. The number of amides is 1. The molecule has 0 aliphatic rings. The van der Waals surface area contributed by atoms with Gasteiger partial charge < -0.3 is 10.2 Å². The first-order chi connectivity index (χ1) is 8.86. The fourth-order valence-electron chi connectivity index (χ4n) is 1.79. The Bertz CT molecular complexity index is 446. The van der Waals surface area contributed by atoms with Crippen LogP contribution in [0.1, 0.15) is 38.2 Å². The van der Waals surface area contributed by atoms with Gasteiger partial charge >= 0.3 is 0 Å². The summed E-state index contributed by atoms with van der Waals surface area (Å²) in [7, 11) is 1.76. The zero-order valence-electron chi connectivity index (χ0n) is 12.2. The molecule has 106 valence electrons. The number of carbonyl (C=O) groups excluding carboxylic acids is 1. The lowest BCUT2D eigenvalue weighted by molar-refractivity contribution is 0.0676. The van der Waals surface area contributed by atoms with Crippen molar-refractivity contribution in [2.75, 3.05) is 18.9 Å². The number of anilines is 1. The van der Waals surface area contributed by atoms with Crippen LogP contribution in [0.4, 0.5) is 5.82 Å². The van der Waals surface area contributed by atoms with E-state index >= 15 is 0 Å². The van der Waals surface area contributed by atoms with Crippen molar-refractivity contribution in [1.29, 1.82) is 0 Å². The molecule has 0 saturated carbocycles. The summed E-state index contributed by atoms with van der Waals surface area (Å²) >= 11 is 6.10. The van der Waals surface area contributed by atoms with Crippen LogP contribution in [0.5, 0.6) is 0 Å². The Morgan fingerprint density at radius 2 is 2.00 bits per heavy atom. The highest BCUT2D eigenvalue weighted by molar-refractivity contribution is 6.33. The van der Waals surface area contributed by atoms with Gasteiger partial charge in [-0.3, -0.25) is 4.79 Å². The number of hydrogen-bond donors (Lipinski definition) is 1. The fourth-order valence-corrected chi connectivity index (χ4v) is 1.98. The van der Waals surface area contributed by atoms with Crippen molar-refractivity contribution in [3.8, 4) is 0 Å². The Kier molecular flexibility index (Phi) is 5.60. The van der Waals surface area contributed by atoms with Crippen molar-refractivity contribution in [2.45, 2.75) is 33.7 Å². The molecule has 0 aliphatic carbocycles. The molecule has 0 unspecified atom stereocenters. The maximum absolute atomic E-state index is 12.6. The average molecular weight is 284 g/mol. The van der Waals surface area contributed by atoms with Gasteiger partial charge in [0.1, 0.15) is 11.5 Å². The van der Waals surface area contributed by atoms with Crippen molar-refractivity contribution in [3.63, 3.8) is 0 Å². The van der Waals surface area contributed by atoms with Crippen LogP contribution in [0, 0.1) is 5.92 Å². The van der Waals surface area contributed by atoms with E-state index < -0.39 is 0 Å². The van der Waals surface area contributed by atoms with Crippen molar-refractivity contribution >= 4 is 23.3 Å². The molecule has 0 saturated heterocycles. The molecule has 1 aromatic rings. The Morgan fingerprint density at radius 1 is 1.37 bits per heavy atom. The normalized spacial score (nSPS) is 10.9. The van der Waals surface area contributed by atoms with E-state index in [4.69, 9.17) is 11.6 Å². The summed E-state index contributed by atoms with van der Waals surface area (Å²) < 4.78 is 0. The van der Waals surface area contributed by atoms with Gasteiger partial charge in [0, 0.05) is 19.6 Å². The molecule has 19 heavy (non-hydrogen) atoms. The third-order valence-corrected chi connectivity index (χ3v) is 3.06. The summed E-state index contributed by atoms with van der Waals surface area (Å²) in [5, 5.41) is 3.31. The quantitative estimate of drug-likeness (QED) is 0.902. The zero-order chi connectivity index (χ0) is 14.6. The van der Waals surface area contributed by atoms with Gasteiger partial charge in [0.25, 0.3) is 5.91 Å². The van der Waals surface area contributed by atoms with Crippen LogP contribution < -0.4 is 5.32 Å². The molecule has 1 amide bonds. The fraction of sp³-hybridized carbons (Fsp3) is 0.571. The zero-order valence-corrected chi connectivity index (χ0v) is 13.0. The molecule has 1 heterocycles. The highest BCUT2D eigenvalue weighted by Gasteiger charge is 2.23. The third kappa shape index (κ3) is 4.10. The standard InChI is InChI=1S/C14H22ClN3O/c1-9(2)8-18(10(3)4)14(19)13-11(15)6-7-12(16-5)17-13/h6-7,9-10H,8H2,1-5H3,(H,16,17). The number of rotatable bonds is 5. The maximum Gasteiger partial charge on any atom is 0.274 e. The first kappa shape index (κ1) is 15.8. The molecule has 0 aliphatic heterocycles. The second-order valence-corrected chi connectivity index (χ2v) is 5.63. The molecule has 0 fully saturated rings. The average Bonchev–Trinajstić information content (AvgIpc) is 2.35. The molecule has 1 N–H and O–H groups in total. The Hall–Kier alpha value is -1.29. The molecule has 4 nitrogen and oxygen atoms in total. The molecule has 0 radical (unpaired) electrons. The first-order valence-electron chi connectivity index (χ1n) is 6.52. The number of halogens is 1. The van der Waals surface area contributed by atoms with E-state index in [0.717, 1.165) is 0 Å². The van der Waals surface area contributed by atoms with Crippen LogP contribution in [0.15, 0.2) is 12.1 Å². The van der Waals surface area contributed by atoms with Crippen LogP contribution in [-0.4, -0.2) is 35.4 Å². The molecule has 0 atom stereocenters. The Labute approximate surface area is 120 Å². The van der Waals surface area contributed by atoms with Crippen molar-refractivity contribution in [3.05, 3.63) is 22.8 Å². The van der Waals surface area contributed by atoms with E-state index in [-0.39, 0.29) is 11.9 Å². The topological polar surface area (TPSA) is 45.2 Å². The van der Waals surface area contributed by atoms with Gasteiger partial charge in [-0.2, -0.15) is 0 Å². The van der Waals surface area contributed by atoms with Crippen molar-refractivity contribution < 1.29 is 4.79 Å². The van der Waals surface area contributed by atoms with Crippen molar-refractivity contribution in [2.24, 2.45) is 5.92 Å². The molecule has 0 aromatic carbocycles. The summed E-state index contributed by atoms with van der Waals surface area (Å²) in [6, 6.07) is 3.56. The van der Waals surface area contributed by atoms with E-state index in [1.165, 1.54) is 0 Å². The minimum Gasteiger partial charge on any atom is -0.373 e. The van der Waals surface area contributed by atoms with E-state index in [9.17, 15) is 4.79 Å². The summed E-state index contributed by atoms with van der Waals surface area (Å²) in [4.78, 5) is 18.6. The number of hydrogen-bond acceptors (Lipinski definition) is 3. The summed E-state index contributed by atoms with van der Waals surface area (Å²) in [6.07, 6.45) is 0. The first-order valence-corrected chi connectivity index (χ1v) is 6.89. The number of nitrogens with zero attached hydrogens (tertiary/aromatic N) is 2. The second kappa shape index (κ2) is 6.75. The second-order valence-electron chi connectivity index (χ2n) is 5.22. The number of carbonyl (C=O) groups is 1. The minimum atomic E-state index is -0.120. The van der Waals surface area contributed by atoms with E-state index in [1.54, 1.807) is 24.1 Å². The van der Waals surface area contributed by atoms with E-state index in [0.29, 0.717) is 29.0 Å². The molecular weight excluding hydrogens is 262 g/mol. The van der Waals surface area contributed by atoms with Crippen LogP contribution in [0.2, 0.25) is 5.02 Å². The Balaban J connectivity index is 3.08. The number of pyridine rings is 1. The molecule has 5 heteroatoms. The van der Waals surface area contributed by atoms with Crippen LogP contribution in [0.25, 0.3) is 0 Å². The molecule has 1 rings (SSSR count). The molecule has 0 spiro atoms. The summed E-state index contributed by atoms with van der Waals surface area (Å²) in [5.74, 6) is 0.921. The SMILES string of the molecule is CNc1ccc(Cl)c(C(=O)N(CC(C)C)C(C)C)n1. The molecule has 0 bridgehead atoms. The van der Waals surface area contributed by atoms with Gasteiger partial charge in [0.15, 0.2) is 0 Å². The summed E-state index contributed by atoms with van der Waals surface area (Å²) in [5.41, 5.74) is 0.308. The van der Waals surface area contributed by atoms with Crippen LogP contribution in [0.3, 0.4) is 0 Å². The minimum absolute atomic E-state index is 0.117. The van der Waals surface area contributed by atoms with Gasteiger partial charge in [0.2, 0.25) is 0 Å². The third-order valence-electron chi connectivity index (χ3n) is 2.75. The smallest absolute Gasteiger partial charge is 0.274 e. The maximum atomic E-state index is 12.6. The molecule has 1 aromatic heterocycles. The number of nitrogens with one attached hydrogen (secondary N) is 1. The predicted molar refractivity (Wildman–Crippen MR) is 79.8 cm³/mol. The summed E-state index contributed by atoms with van der Waals surface area (Å²) in [6.45, 7) is 8.86. The predicted octanol–water partition coefficient (Wildman–Crippen LogP) is 3.28. The van der Waals surface area contributed by atoms with E-state index in [2.05, 4.69) is 24.1 Å². The van der Waals surface area contributed by atoms with Gasteiger partial charge in [-0.15, -0.1) is 0 Å². The largest absolute Gasteiger partial charge is 0.373 e. The monoisotopic (exact) mass is 283 g/mol. The van der Waals surface area contributed by atoms with Crippen LogP contribution in [-0.2, 0) is 0 Å². The van der Waals surface area contributed by atoms with E-state index in [1.807, 2.05) is 13.8 Å². The van der Waals surface area contributed by atoms with Gasteiger partial charge in [-0.1, -0.05) is 25.4 Å².